The molecule has 5 heteroatoms. The van der Waals surface area contributed by atoms with Crippen LogP contribution in [0, 0.1) is 23.6 Å². The number of carbonyl (C=O) groups is 1. The van der Waals surface area contributed by atoms with Gasteiger partial charge in [0.1, 0.15) is 0 Å². The Kier molecular flexibility index (Phi) is 3.21. The molecule has 1 aliphatic carbocycles. The fraction of sp³-hybridized carbons (Fsp3) is 0.250. The van der Waals surface area contributed by atoms with Crippen LogP contribution in [-0.2, 0) is 0 Å². The minimum atomic E-state index is -1.08. The molecule has 17 heavy (non-hydrogen) atoms. The summed E-state index contributed by atoms with van der Waals surface area (Å²) in [5.41, 5.74) is 5.24. The summed E-state index contributed by atoms with van der Waals surface area (Å²) in [5, 5.41) is 0.187. The smallest absolute Gasteiger partial charge is 0.407 e. The van der Waals surface area contributed by atoms with E-state index in [0.29, 0.717) is 11.5 Å². The van der Waals surface area contributed by atoms with E-state index in [4.69, 9.17) is 17.3 Å². The monoisotopic (exact) mass is 253 g/mol. The second-order valence-corrected chi connectivity index (χ2v) is 4.13. The lowest BCUT2D eigenvalue weighted by Crippen LogP contribution is -2.17. The fourth-order valence-electron chi connectivity index (χ4n) is 1.22. The Bertz CT molecular complexity index is 529. The number of hydrogen-bond acceptors (Lipinski definition) is 2. The predicted molar refractivity (Wildman–Crippen MR) is 61.2 cm³/mol. The van der Waals surface area contributed by atoms with Gasteiger partial charge in [0.15, 0.2) is 11.6 Å². The van der Waals surface area contributed by atoms with E-state index in [2.05, 4.69) is 16.6 Å². The molecule has 0 radical (unpaired) electrons. The molecule has 88 valence electrons. The zero-order valence-electron chi connectivity index (χ0n) is 8.80. The summed E-state index contributed by atoms with van der Waals surface area (Å²) >= 11 is 5.83. The van der Waals surface area contributed by atoms with Gasteiger partial charge in [-0.2, -0.15) is 0 Å². The molecule has 0 bridgehead atoms. The number of amides is 1. The number of primary amides is 1. The number of halogens is 2. The van der Waals surface area contributed by atoms with Crippen molar-refractivity contribution in [3.8, 4) is 17.6 Å². The molecule has 1 fully saturated rings. The topological polar surface area (TPSA) is 52.3 Å². The largest absolute Gasteiger partial charge is 0.410 e. The third-order valence-electron chi connectivity index (χ3n) is 2.22. The molecule has 0 atom stereocenters. The summed E-state index contributed by atoms with van der Waals surface area (Å²) in [7, 11) is 0. The van der Waals surface area contributed by atoms with Crippen molar-refractivity contribution in [3.63, 3.8) is 0 Å². The fourth-order valence-corrected chi connectivity index (χ4v) is 1.42. The summed E-state index contributed by atoms with van der Waals surface area (Å²) in [6, 6.07) is 2.33. The van der Waals surface area contributed by atoms with Crippen molar-refractivity contribution in [2.75, 3.05) is 0 Å². The third kappa shape index (κ3) is 3.11. The van der Waals surface area contributed by atoms with Crippen LogP contribution in [0.5, 0.6) is 5.75 Å². The molecule has 0 aliphatic heterocycles. The minimum absolute atomic E-state index is 0.187. The second-order valence-electron chi connectivity index (χ2n) is 3.73. The first-order chi connectivity index (χ1) is 8.06. The van der Waals surface area contributed by atoms with Crippen LogP contribution in [0.4, 0.5) is 9.18 Å². The minimum Gasteiger partial charge on any atom is -0.407 e. The summed E-state index contributed by atoms with van der Waals surface area (Å²) < 4.78 is 17.8. The Balaban J connectivity index is 2.31. The Labute approximate surface area is 103 Å². The van der Waals surface area contributed by atoms with Gasteiger partial charge in [-0.15, -0.1) is 0 Å². The average Bonchev–Trinajstić information content (AvgIpc) is 3.03. The normalized spacial score (nSPS) is 13.8. The average molecular weight is 254 g/mol. The van der Waals surface area contributed by atoms with Gasteiger partial charge in [0, 0.05) is 17.5 Å². The molecular weight excluding hydrogens is 245 g/mol. The maximum Gasteiger partial charge on any atom is 0.410 e. The third-order valence-corrected chi connectivity index (χ3v) is 2.53. The van der Waals surface area contributed by atoms with Crippen LogP contribution < -0.4 is 10.5 Å². The van der Waals surface area contributed by atoms with E-state index >= 15 is 0 Å². The molecule has 0 saturated heterocycles. The highest BCUT2D eigenvalue weighted by atomic mass is 35.5. The molecule has 3 nitrogen and oxygen atoms in total. The summed E-state index contributed by atoms with van der Waals surface area (Å²) in [6.45, 7) is 0. The number of nitrogens with two attached hydrogens (primary N) is 1. The van der Waals surface area contributed by atoms with Gasteiger partial charge in [-0.25, -0.2) is 9.18 Å². The Morgan fingerprint density at radius 3 is 2.82 bits per heavy atom. The van der Waals surface area contributed by atoms with E-state index in [0.717, 1.165) is 18.9 Å². The molecule has 1 aromatic carbocycles. The lowest BCUT2D eigenvalue weighted by atomic mass is 10.2. The molecule has 1 amide bonds. The molecule has 1 aliphatic rings. The van der Waals surface area contributed by atoms with E-state index in [-0.39, 0.29) is 10.8 Å². The lowest BCUT2D eigenvalue weighted by Gasteiger charge is -2.04. The molecule has 0 heterocycles. The number of benzene rings is 1. The standard InChI is InChI=1S/C12H9ClFNO2/c13-9-6-10(14)11(17-12(15)16)5-8(9)4-3-7-1-2-7/h5-7H,1-2H2,(H2,15,16). The van der Waals surface area contributed by atoms with Gasteiger partial charge < -0.3 is 10.5 Å². The first-order valence-corrected chi connectivity index (χ1v) is 5.42. The van der Waals surface area contributed by atoms with E-state index in [1.54, 1.807) is 0 Å². The lowest BCUT2D eigenvalue weighted by molar-refractivity contribution is 0.208. The van der Waals surface area contributed by atoms with Gasteiger partial charge in [0.2, 0.25) is 0 Å². The summed E-state index contributed by atoms with van der Waals surface area (Å²) in [5.74, 6) is 5.21. The first-order valence-electron chi connectivity index (χ1n) is 5.04. The van der Waals surface area contributed by atoms with Crippen LogP contribution in [-0.4, -0.2) is 6.09 Å². The van der Waals surface area contributed by atoms with Crippen molar-refractivity contribution in [1.29, 1.82) is 0 Å². The zero-order valence-corrected chi connectivity index (χ0v) is 9.55. The van der Waals surface area contributed by atoms with Crippen molar-refractivity contribution in [1.82, 2.24) is 0 Å². The number of hydrogen-bond donors (Lipinski definition) is 1. The Morgan fingerprint density at radius 2 is 2.24 bits per heavy atom. The summed E-state index contributed by atoms with van der Waals surface area (Å²) in [4.78, 5) is 10.6. The van der Waals surface area contributed by atoms with Crippen LogP contribution in [0.15, 0.2) is 12.1 Å². The summed E-state index contributed by atoms with van der Waals surface area (Å²) in [6.07, 6.45) is 1.08. The zero-order chi connectivity index (χ0) is 12.4. The van der Waals surface area contributed by atoms with Gasteiger partial charge in [-0.1, -0.05) is 23.4 Å². The number of carbonyl (C=O) groups excluding carboxylic acids is 1. The number of rotatable bonds is 1. The van der Waals surface area contributed by atoms with Crippen molar-refractivity contribution in [2.24, 2.45) is 11.7 Å². The molecule has 2 N–H and O–H groups in total. The van der Waals surface area contributed by atoms with Crippen LogP contribution in [0.3, 0.4) is 0 Å². The molecule has 0 aromatic heterocycles. The molecule has 0 spiro atoms. The Morgan fingerprint density at radius 1 is 1.53 bits per heavy atom. The SMILES string of the molecule is NC(=O)Oc1cc(C#CC2CC2)c(Cl)cc1F. The van der Waals surface area contributed by atoms with Gasteiger partial charge >= 0.3 is 6.09 Å². The van der Waals surface area contributed by atoms with E-state index in [1.807, 2.05) is 0 Å². The maximum absolute atomic E-state index is 13.3. The number of ether oxygens (including phenoxy) is 1. The van der Waals surface area contributed by atoms with Gasteiger partial charge in [-0.3, -0.25) is 0 Å². The molecular formula is C12H9ClFNO2. The van der Waals surface area contributed by atoms with Gasteiger partial charge in [-0.05, 0) is 18.9 Å². The molecule has 1 saturated carbocycles. The first kappa shape index (κ1) is 11.7. The quantitative estimate of drug-likeness (QED) is 0.783. The highest BCUT2D eigenvalue weighted by Gasteiger charge is 2.18. The highest BCUT2D eigenvalue weighted by Crippen LogP contribution is 2.29. The van der Waals surface area contributed by atoms with E-state index < -0.39 is 11.9 Å². The Hall–Kier alpha value is -1.73. The highest BCUT2D eigenvalue weighted by molar-refractivity contribution is 6.31. The molecule has 1 aromatic rings. The van der Waals surface area contributed by atoms with Crippen LogP contribution in [0.25, 0.3) is 0 Å². The van der Waals surface area contributed by atoms with Crippen LogP contribution >= 0.6 is 11.6 Å². The van der Waals surface area contributed by atoms with Crippen molar-refractivity contribution in [2.45, 2.75) is 12.8 Å². The molecule has 2 rings (SSSR count). The maximum atomic E-state index is 13.3. The van der Waals surface area contributed by atoms with E-state index in [9.17, 15) is 9.18 Å². The second kappa shape index (κ2) is 4.64. The molecule has 0 unspecified atom stereocenters. The van der Waals surface area contributed by atoms with Crippen molar-refractivity contribution >= 4 is 17.7 Å². The predicted octanol–water partition coefficient (Wildman–Crippen LogP) is 2.70. The van der Waals surface area contributed by atoms with Gasteiger partial charge in [0.05, 0.1) is 5.02 Å². The van der Waals surface area contributed by atoms with Crippen molar-refractivity contribution in [3.05, 3.63) is 28.5 Å². The van der Waals surface area contributed by atoms with E-state index in [1.165, 1.54) is 6.07 Å². The van der Waals surface area contributed by atoms with Gasteiger partial charge in [0.25, 0.3) is 0 Å². The van der Waals surface area contributed by atoms with Crippen molar-refractivity contribution < 1.29 is 13.9 Å². The van der Waals surface area contributed by atoms with Crippen LogP contribution in [0.1, 0.15) is 18.4 Å². The van der Waals surface area contributed by atoms with Crippen LogP contribution in [0.2, 0.25) is 5.02 Å².